The smallest absolute Gasteiger partial charge is 0.274 e. The minimum absolute atomic E-state index is 0.307. The molecule has 0 spiro atoms. The average molecular weight is 356 g/mol. The number of nitrogens with zero attached hydrogens (tertiary/aromatic N) is 2. The van der Waals surface area contributed by atoms with Gasteiger partial charge in [0.2, 0.25) is 0 Å². The van der Waals surface area contributed by atoms with Crippen molar-refractivity contribution in [2.45, 2.75) is 12.8 Å². The van der Waals surface area contributed by atoms with E-state index < -0.39 is 0 Å². The summed E-state index contributed by atoms with van der Waals surface area (Å²) in [6.45, 7) is 0.810. The number of carbonyl (C=O) groups excluding carboxylic acids is 1. The maximum atomic E-state index is 12.4. The summed E-state index contributed by atoms with van der Waals surface area (Å²) in [5, 5.41) is 15.0. The first-order valence-electron chi connectivity index (χ1n) is 8.80. The van der Waals surface area contributed by atoms with Crippen molar-refractivity contribution >= 4 is 17.3 Å². The molecule has 1 aromatic heterocycles. The van der Waals surface area contributed by atoms with Crippen LogP contribution in [-0.2, 0) is 6.42 Å². The summed E-state index contributed by atoms with van der Waals surface area (Å²) in [7, 11) is 0. The molecule has 2 aromatic carbocycles. The van der Waals surface area contributed by atoms with Gasteiger partial charge in [0, 0.05) is 24.1 Å². The first-order chi connectivity index (χ1) is 13.2. The molecule has 0 aliphatic carbocycles. The van der Waals surface area contributed by atoms with Gasteiger partial charge in [-0.3, -0.25) is 9.78 Å². The lowest BCUT2D eigenvalue weighted by molar-refractivity contribution is 0.102. The van der Waals surface area contributed by atoms with Gasteiger partial charge in [0.25, 0.3) is 5.91 Å². The number of benzene rings is 2. The monoisotopic (exact) mass is 356 g/mol. The largest absolute Gasteiger partial charge is 0.385 e. The second-order valence-electron chi connectivity index (χ2n) is 6.09. The molecule has 27 heavy (non-hydrogen) atoms. The van der Waals surface area contributed by atoms with Gasteiger partial charge in [-0.1, -0.05) is 36.4 Å². The molecule has 3 rings (SSSR count). The molecule has 0 aliphatic rings. The molecule has 0 bridgehead atoms. The SMILES string of the molecule is N#Cc1cccc(NC(=O)c2cc(NCCCc3ccccc3)ccn2)c1. The highest BCUT2D eigenvalue weighted by Gasteiger charge is 2.09. The van der Waals surface area contributed by atoms with Gasteiger partial charge in [0.15, 0.2) is 0 Å². The molecule has 0 radical (unpaired) electrons. The number of nitrogens with one attached hydrogen (secondary N) is 2. The number of rotatable bonds is 7. The third-order valence-electron chi connectivity index (χ3n) is 4.06. The maximum Gasteiger partial charge on any atom is 0.274 e. The number of anilines is 2. The molecule has 0 aliphatic heterocycles. The van der Waals surface area contributed by atoms with Crippen molar-refractivity contribution in [3.63, 3.8) is 0 Å². The lowest BCUT2D eigenvalue weighted by Crippen LogP contribution is -2.14. The molecule has 134 valence electrons. The van der Waals surface area contributed by atoms with Crippen molar-refractivity contribution in [3.8, 4) is 6.07 Å². The van der Waals surface area contributed by atoms with Crippen molar-refractivity contribution in [2.24, 2.45) is 0 Å². The average Bonchev–Trinajstić information content (AvgIpc) is 2.72. The van der Waals surface area contributed by atoms with Crippen LogP contribution in [-0.4, -0.2) is 17.4 Å². The number of aromatic nitrogens is 1. The Labute approximate surface area is 158 Å². The van der Waals surface area contributed by atoms with E-state index in [4.69, 9.17) is 5.26 Å². The fraction of sp³-hybridized carbons (Fsp3) is 0.136. The lowest BCUT2D eigenvalue weighted by atomic mass is 10.1. The zero-order chi connectivity index (χ0) is 18.9. The van der Waals surface area contributed by atoms with Gasteiger partial charge < -0.3 is 10.6 Å². The van der Waals surface area contributed by atoms with E-state index in [1.165, 1.54) is 5.56 Å². The number of amides is 1. The number of hydrogen-bond donors (Lipinski definition) is 2. The fourth-order valence-electron chi connectivity index (χ4n) is 2.70. The Balaban J connectivity index is 1.54. The molecule has 5 heteroatoms. The molecule has 5 nitrogen and oxygen atoms in total. The van der Waals surface area contributed by atoms with Gasteiger partial charge in [0.1, 0.15) is 5.69 Å². The van der Waals surface area contributed by atoms with Crippen LogP contribution in [0.15, 0.2) is 72.9 Å². The van der Waals surface area contributed by atoms with E-state index in [-0.39, 0.29) is 5.91 Å². The quantitative estimate of drug-likeness (QED) is 0.620. The molecule has 0 unspecified atom stereocenters. The summed E-state index contributed by atoms with van der Waals surface area (Å²) in [6, 6.07) is 22.8. The molecular formula is C22H20N4O. The van der Waals surface area contributed by atoms with Crippen LogP contribution >= 0.6 is 0 Å². The van der Waals surface area contributed by atoms with Gasteiger partial charge in [-0.15, -0.1) is 0 Å². The normalized spacial score (nSPS) is 10.0. The molecule has 2 N–H and O–H groups in total. The highest BCUT2D eigenvalue weighted by Crippen LogP contribution is 2.13. The summed E-state index contributed by atoms with van der Waals surface area (Å²) in [5.41, 5.74) is 3.56. The standard InChI is InChI=1S/C22H20N4O/c23-16-18-8-4-10-20(14-18)26-22(27)21-15-19(11-13-25-21)24-12-5-9-17-6-2-1-3-7-17/h1-4,6-8,10-11,13-15H,5,9,12H2,(H,24,25)(H,26,27). The third-order valence-corrected chi connectivity index (χ3v) is 4.06. The molecular weight excluding hydrogens is 336 g/mol. The fourth-order valence-corrected chi connectivity index (χ4v) is 2.70. The number of aryl methyl sites for hydroxylation is 1. The van der Waals surface area contributed by atoms with Gasteiger partial charge in [-0.2, -0.15) is 5.26 Å². The summed E-state index contributed by atoms with van der Waals surface area (Å²) in [5.74, 6) is -0.307. The van der Waals surface area contributed by atoms with Crippen LogP contribution in [0.25, 0.3) is 0 Å². The first kappa shape index (κ1) is 18.2. The topological polar surface area (TPSA) is 77.8 Å². The second-order valence-corrected chi connectivity index (χ2v) is 6.09. The lowest BCUT2D eigenvalue weighted by Gasteiger charge is -2.09. The minimum Gasteiger partial charge on any atom is -0.385 e. The van der Waals surface area contributed by atoms with E-state index in [0.29, 0.717) is 16.9 Å². The molecule has 0 atom stereocenters. The van der Waals surface area contributed by atoms with Gasteiger partial charge in [0.05, 0.1) is 11.6 Å². The third kappa shape index (κ3) is 5.41. The summed E-state index contributed by atoms with van der Waals surface area (Å²) in [4.78, 5) is 16.5. The van der Waals surface area contributed by atoms with E-state index in [1.54, 1.807) is 36.5 Å². The van der Waals surface area contributed by atoms with E-state index in [9.17, 15) is 4.79 Å². The van der Waals surface area contributed by atoms with Crippen LogP contribution in [0.5, 0.6) is 0 Å². The summed E-state index contributed by atoms with van der Waals surface area (Å²) < 4.78 is 0. The van der Waals surface area contributed by atoms with Gasteiger partial charge in [-0.05, 0) is 48.7 Å². The molecule has 0 saturated heterocycles. The van der Waals surface area contributed by atoms with E-state index in [2.05, 4.69) is 33.8 Å². The Morgan fingerprint density at radius 3 is 2.67 bits per heavy atom. The number of carbonyl (C=O) groups is 1. The van der Waals surface area contributed by atoms with Crippen LogP contribution in [0, 0.1) is 11.3 Å². The Morgan fingerprint density at radius 2 is 1.85 bits per heavy atom. The zero-order valence-corrected chi connectivity index (χ0v) is 14.9. The molecule has 0 fully saturated rings. The highest BCUT2D eigenvalue weighted by atomic mass is 16.1. The molecule has 0 saturated carbocycles. The number of nitriles is 1. The summed E-state index contributed by atoms with van der Waals surface area (Å²) in [6.07, 6.45) is 3.61. The summed E-state index contributed by atoms with van der Waals surface area (Å²) >= 11 is 0. The Morgan fingerprint density at radius 1 is 1.00 bits per heavy atom. The predicted molar refractivity (Wildman–Crippen MR) is 107 cm³/mol. The second kappa shape index (κ2) is 9.16. The molecule has 3 aromatic rings. The van der Waals surface area contributed by atoms with Gasteiger partial charge in [-0.25, -0.2) is 0 Å². The van der Waals surface area contributed by atoms with Crippen LogP contribution in [0.4, 0.5) is 11.4 Å². The Bertz CT molecular complexity index is 948. The number of pyridine rings is 1. The van der Waals surface area contributed by atoms with E-state index in [0.717, 1.165) is 25.1 Å². The number of hydrogen-bond acceptors (Lipinski definition) is 4. The first-order valence-corrected chi connectivity index (χ1v) is 8.80. The van der Waals surface area contributed by atoms with E-state index in [1.807, 2.05) is 24.3 Å². The van der Waals surface area contributed by atoms with Crippen molar-refractivity contribution in [2.75, 3.05) is 17.2 Å². The van der Waals surface area contributed by atoms with Crippen LogP contribution in [0.2, 0.25) is 0 Å². The van der Waals surface area contributed by atoms with Crippen molar-refractivity contribution in [3.05, 3.63) is 89.7 Å². The Hall–Kier alpha value is -3.65. The predicted octanol–water partition coefficient (Wildman–Crippen LogP) is 4.25. The van der Waals surface area contributed by atoms with Gasteiger partial charge >= 0.3 is 0 Å². The van der Waals surface area contributed by atoms with E-state index >= 15 is 0 Å². The van der Waals surface area contributed by atoms with Crippen LogP contribution < -0.4 is 10.6 Å². The van der Waals surface area contributed by atoms with Crippen LogP contribution in [0.1, 0.15) is 28.0 Å². The maximum absolute atomic E-state index is 12.4. The molecule has 1 amide bonds. The van der Waals surface area contributed by atoms with Crippen LogP contribution in [0.3, 0.4) is 0 Å². The highest BCUT2D eigenvalue weighted by molar-refractivity contribution is 6.03. The van der Waals surface area contributed by atoms with Crippen molar-refractivity contribution in [1.29, 1.82) is 5.26 Å². The molecule has 1 heterocycles. The minimum atomic E-state index is -0.307. The Kier molecular flexibility index (Phi) is 6.16. The zero-order valence-electron chi connectivity index (χ0n) is 14.9. The van der Waals surface area contributed by atoms with Crippen molar-refractivity contribution in [1.82, 2.24) is 4.98 Å². The van der Waals surface area contributed by atoms with Crippen molar-refractivity contribution < 1.29 is 4.79 Å².